The first-order chi connectivity index (χ1) is 13.7. The molecule has 0 bridgehead atoms. The fourth-order valence-electron chi connectivity index (χ4n) is 3.10. The molecule has 1 N–H and O–H groups in total. The smallest absolute Gasteiger partial charge is 0.238 e. The topological polar surface area (TPSA) is 55.9 Å². The third-order valence-electron chi connectivity index (χ3n) is 4.86. The van der Waals surface area contributed by atoms with Gasteiger partial charge in [-0.3, -0.25) is 14.5 Å². The van der Waals surface area contributed by atoms with Crippen LogP contribution in [-0.2, 0) is 16.1 Å². The Bertz CT molecular complexity index is 826. The lowest BCUT2D eigenvalue weighted by Crippen LogP contribution is -2.39. The van der Waals surface area contributed by atoms with Crippen LogP contribution in [0.1, 0.15) is 16.7 Å². The third-order valence-corrected chi connectivity index (χ3v) is 4.86. The molecule has 0 saturated heterocycles. The van der Waals surface area contributed by atoms with Gasteiger partial charge in [0.2, 0.25) is 11.8 Å². The van der Waals surface area contributed by atoms with E-state index in [-0.39, 0.29) is 24.9 Å². The maximum absolute atomic E-state index is 12.5. The number of aryl methyl sites for hydroxylation is 2. The molecule has 0 atom stereocenters. The van der Waals surface area contributed by atoms with E-state index in [0.29, 0.717) is 6.54 Å². The maximum atomic E-state index is 12.5. The van der Waals surface area contributed by atoms with Gasteiger partial charge in [0.25, 0.3) is 0 Å². The molecule has 0 aromatic heterocycles. The summed E-state index contributed by atoms with van der Waals surface area (Å²) in [7, 11) is 7.56. The second-order valence-electron chi connectivity index (χ2n) is 7.80. The summed E-state index contributed by atoms with van der Waals surface area (Å²) in [6.45, 7) is 4.82. The van der Waals surface area contributed by atoms with Crippen LogP contribution in [0.5, 0.6) is 0 Å². The molecular weight excluding hydrogens is 364 g/mol. The largest absolute Gasteiger partial charge is 0.378 e. The minimum absolute atomic E-state index is 0.0240. The van der Waals surface area contributed by atoms with E-state index in [2.05, 4.69) is 5.32 Å². The first kappa shape index (κ1) is 22.4. The summed E-state index contributed by atoms with van der Waals surface area (Å²) in [6, 6.07) is 14.0. The van der Waals surface area contributed by atoms with Crippen molar-refractivity contribution in [1.29, 1.82) is 0 Å². The Balaban J connectivity index is 1.85. The van der Waals surface area contributed by atoms with Gasteiger partial charge in [-0.1, -0.05) is 30.3 Å². The van der Waals surface area contributed by atoms with E-state index in [1.807, 2.05) is 75.3 Å². The Morgan fingerprint density at radius 3 is 2.00 bits per heavy atom. The molecule has 0 aliphatic carbocycles. The van der Waals surface area contributed by atoms with Crippen molar-refractivity contribution in [2.45, 2.75) is 20.4 Å². The Kier molecular flexibility index (Phi) is 7.79. The number of rotatable bonds is 8. The molecule has 6 heteroatoms. The summed E-state index contributed by atoms with van der Waals surface area (Å²) in [5.41, 5.74) is 5.09. The zero-order chi connectivity index (χ0) is 21.6. The highest BCUT2D eigenvalue weighted by Gasteiger charge is 2.15. The van der Waals surface area contributed by atoms with E-state index >= 15 is 0 Å². The van der Waals surface area contributed by atoms with Crippen molar-refractivity contribution in [2.75, 3.05) is 51.5 Å². The van der Waals surface area contributed by atoms with Gasteiger partial charge >= 0.3 is 0 Å². The highest BCUT2D eigenvalue weighted by atomic mass is 16.2. The van der Waals surface area contributed by atoms with Crippen LogP contribution in [-0.4, -0.2) is 62.9 Å². The maximum Gasteiger partial charge on any atom is 0.238 e. The minimum Gasteiger partial charge on any atom is -0.378 e. The van der Waals surface area contributed by atoms with E-state index in [0.717, 1.165) is 28.1 Å². The molecule has 0 heterocycles. The van der Waals surface area contributed by atoms with E-state index in [9.17, 15) is 9.59 Å². The number of amides is 2. The van der Waals surface area contributed by atoms with Crippen LogP contribution in [0, 0.1) is 13.8 Å². The Morgan fingerprint density at radius 1 is 0.862 bits per heavy atom. The molecule has 2 aromatic carbocycles. The fraction of sp³-hybridized carbons (Fsp3) is 0.391. The summed E-state index contributed by atoms with van der Waals surface area (Å²) in [5, 5.41) is 2.96. The SMILES string of the molecule is Cc1cccc(C)c1NC(=O)CN(C)CC(=O)N(C)Cc1ccc(N(C)C)cc1. The molecule has 2 rings (SSSR count). The molecule has 156 valence electrons. The lowest BCUT2D eigenvalue weighted by atomic mass is 10.1. The van der Waals surface area contributed by atoms with E-state index in [4.69, 9.17) is 0 Å². The molecule has 2 amide bonds. The highest BCUT2D eigenvalue weighted by Crippen LogP contribution is 2.19. The number of carbonyl (C=O) groups excluding carboxylic acids is 2. The minimum atomic E-state index is -0.125. The van der Waals surface area contributed by atoms with Crippen molar-refractivity contribution in [3.63, 3.8) is 0 Å². The summed E-state index contributed by atoms with van der Waals surface area (Å²) in [6.07, 6.45) is 0. The predicted octanol–water partition coefficient (Wildman–Crippen LogP) is 2.90. The average Bonchev–Trinajstić information content (AvgIpc) is 2.65. The number of hydrogen-bond acceptors (Lipinski definition) is 4. The number of nitrogens with one attached hydrogen (secondary N) is 1. The lowest BCUT2D eigenvalue weighted by molar-refractivity contribution is -0.131. The van der Waals surface area contributed by atoms with Gasteiger partial charge < -0.3 is 15.1 Å². The number of likely N-dealkylation sites (N-methyl/N-ethyl adjacent to an activating group) is 2. The fourth-order valence-corrected chi connectivity index (χ4v) is 3.10. The quantitative estimate of drug-likeness (QED) is 0.745. The van der Waals surface area contributed by atoms with E-state index < -0.39 is 0 Å². The standard InChI is InChI=1S/C23H32N4O2/c1-17-8-7-9-18(2)23(17)24-21(28)15-26(5)16-22(29)27(6)14-19-10-12-20(13-11-19)25(3)4/h7-13H,14-16H2,1-6H3,(H,24,28). The van der Waals surface area contributed by atoms with Crippen molar-refractivity contribution in [2.24, 2.45) is 0 Å². The molecule has 2 aromatic rings. The zero-order valence-corrected chi connectivity index (χ0v) is 18.3. The summed E-state index contributed by atoms with van der Waals surface area (Å²) in [5.74, 6) is -0.149. The number of para-hydroxylation sites is 1. The van der Waals surface area contributed by atoms with Crippen molar-refractivity contribution in [3.8, 4) is 0 Å². The van der Waals surface area contributed by atoms with E-state index in [1.165, 1.54) is 0 Å². The number of benzene rings is 2. The summed E-state index contributed by atoms with van der Waals surface area (Å²) >= 11 is 0. The van der Waals surface area contributed by atoms with Gasteiger partial charge in [0.15, 0.2) is 0 Å². The molecule has 0 unspecified atom stereocenters. The number of nitrogens with zero attached hydrogens (tertiary/aromatic N) is 3. The zero-order valence-electron chi connectivity index (χ0n) is 18.3. The first-order valence-electron chi connectivity index (χ1n) is 9.72. The predicted molar refractivity (Wildman–Crippen MR) is 119 cm³/mol. The monoisotopic (exact) mass is 396 g/mol. The molecule has 0 aliphatic rings. The van der Waals surface area contributed by atoms with E-state index in [1.54, 1.807) is 23.9 Å². The highest BCUT2D eigenvalue weighted by molar-refractivity contribution is 5.94. The molecule has 0 spiro atoms. The summed E-state index contributed by atoms with van der Waals surface area (Å²) in [4.78, 5) is 30.4. The van der Waals surface area contributed by atoms with Crippen molar-refractivity contribution in [3.05, 3.63) is 59.2 Å². The normalized spacial score (nSPS) is 10.7. The van der Waals surface area contributed by atoms with Crippen molar-refractivity contribution in [1.82, 2.24) is 9.80 Å². The van der Waals surface area contributed by atoms with Gasteiger partial charge in [-0.05, 0) is 49.7 Å². The Hall–Kier alpha value is -2.86. The number of hydrogen-bond donors (Lipinski definition) is 1. The van der Waals surface area contributed by atoms with Gasteiger partial charge in [0, 0.05) is 39.1 Å². The number of carbonyl (C=O) groups is 2. The van der Waals surface area contributed by atoms with Crippen LogP contribution < -0.4 is 10.2 Å². The van der Waals surface area contributed by atoms with Crippen LogP contribution in [0.3, 0.4) is 0 Å². The summed E-state index contributed by atoms with van der Waals surface area (Å²) < 4.78 is 0. The van der Waals surface area contributed by atoms with Crippen molar-refractivity contribution >= 4 is 23.2 Å². The van der Waals surface area contributed by atoms with Crippen LogP contribution in [0.2, 0.25) is 0 Å². The van der Waals surface area contributed by atoms with Crippen LogP contribution in [0.15, 0.2) is 42.5 Å². The number of anilines is 2. The average molecular weight is 397 g/mol. The molecule has 0 aliphatic heterocycles. The Labute approximate surface area is 174 Å². The third kappa shape index (κ3) is 6.61. The Morgan fingerprint density at radius 2 is 1.45 bits per heavy atom. The molecule has 0 fully saturated rings. The second kappa shape index (κ2) is 10.1. The second-order valence-corrected chi connectivity index (χ2v) is 7.80. The first-order valence-corrected chi connectivity index (χ1v) is 9.72. The van der Waals surface area contributed by atoms with Gasteiger partial charge in [-0.2, -0.15) is 0 Å². The molecular formula is C23H32N4O2. The van der Waals surface area contributed by atoms with Crippen LogP contribution in [0.25, 0.3) is 0 Å². The molecule has 0 saturated carbocycles. The molecule has 6 nitrogen and oxygen atoms in total. The van der Waals surface area contributed by atoms with Gasteiger partial charge in [0.05, 0.1) is 13.1 Å². The van der Waals surface area contributed by atoms with Crippen LogP contribution in [0.4, 0.5) is 11.4 Å². The molecule has 29 heavy (non-hydrogen) atoms. The van der Waals surface area contributed by atoms with Crippen molar-refractivity contribution < 1.29 is 9.59 Å². The van der Waals surface area contributed by atoms with Gasteiger partial charge in [-0.25, -0.2) is 0 Å². The van der Waals surface area contributed by atoms with Gasteiger partial charge in [-0.15, -0.1) is 0 Å². The van der Waals surface area contributed by atoms with Crippen LogP contribution >= 0.6 is 0 Å². The van der Waals surface area contributed by atoms with Gasteiger partial charge in [0.1, 0.15) is 0 Å². The lowest BCUT2D eigenvalue weighted by Gasteiger charge is -2.22. The molecule has 0 radical (unpaired) electrons.